The molecule has 6 nitrogen and oxygen atoms in total. The van der Waals surface area contributed by atoms with Gasteiger partial charge < -0.3 is 10.1 Å². The van der Waals surface area contributed by atoms with Gasteiger partial charge >= 0.3 is 0 Å². The van der Waals surface area contributed by atoms with Gasteiger partial charge in [0.05, 0.1) is 18.0 Å². The van der Waals surface area contributed by atoms with Crippen LogP contribution in [0.5, 0.6) is 5.75 Å². The fraction of sp³-hybridized carbons (Fsp3) is 0.211. The molecule has 0 spiro atoms. The minimum absolute atomic E-state index is 0.246. The first kappa shape index (κ1) is 18.9. The molecule has 0 saturated carbocycles. The summed E-state index contributed by atoms with van der Waals surface area (Å²) < 4.78 is 19.7. The number of hydrogen-bond acceptors (Lipinski definition) is 5. The quantitative estimate of drug-likeness (QED) is 0.817. The van der Waals surface area contributed by atoms with Gasteiger partial charge in [0, 0.05) is 23.9 Å². The Hall–Kier alpha value is -2.87. The maximum atomic E-state index is 14.3. The number of benzene rings is 2. The Labute approximate surface area is 160 Å². The monoisotopic (exact) mass is 386 g/mol. The molecule has 1 aliphatic heterocycles. The number of hydrogen-bond donors (Lipinski definition) is 2. The highest BCUT2D eigenvalue weighted by Gasteiger charge is 2.17. The molecule has 0 bridgehead atoms. The van der Waals surface area contributed by atoms with Gasteiger partial charge in [-0.1, -0.05) is 11.8 Å². The van der Waals surface area contributed by atoms with Gasteiger partial charge in [0.15, 0.2) is 5.17 Å². The van der Waals surface area contributed by atoms with Gasteiger partial charge in [0.25, 0.3) is 0 Å². The van der Waals surface area contributed by atoms with E-state index in [-0.39, 0.29) is 5.91 Å². The third-order valence-corrected chi connectivity index (χ3v) is 4.48. The number of anilines is 1. The molecule has 0 atom stereocenters. The second-order valence-electron chi connectivity index (χ2n) is 5.68. The Morgan fingerprint density at radius 2 is 2.11 bits per heavy atom. The summed E-state index contributed by atoms with van der Waals surface area (Å²) in [4.78, 5) is 15.5. The number of amidine groups is 1. The van der Waals surface area contributed by atoms with Crippen molar-refractivity contribution in [1.29, 1.82) is 0 Å². The van der Waals surface area contributed by atoms with E-state index in [0.29, 0.717) is 34.5 Å². The minimum atomic E-state index is -0.436. The van der Waals surface area contributed by atoms with Crippen LogP contribution in [0, 0.1) is 5.82 Å². The summed E-state index contributed by atoms with van der Waals surface area (Å²) in [6.45, 7) is 3.93. The standard InChI is InChI=1S/C19H19FN4O2S/c1-3-26-15-7-4-13(5-8-15)22-19-24-23-18(11-27-19)16-9-6-14(10-17(16)20)21-12(2)25/h4-10H,3,11H2,1-2H3,(H,21,25)(H,22,24). The lowest BCUT2D eigenvalue weighted by molar-refractivity contribution is -0.114. The van der Waals surface area contributed by atoms with Crippen molar-refractivity contribution in [2.45, 2.75) is 13.8 Å². The number of halogens is 1. The third-order valence-electron chi connectivity index (χ3n) is 3.61. The van der Waals surface area contributed by atoms with Gasteiger partial charge in [-0.25, -0.2) is 9.38 Å². The predicted molar refractivity (Wildman–Crippen MR) is 108 cm³/mol. The molecule has 0 aliphatic carbocycles. The van der Waals surface area contributed by atoms with Crippen molar-refractivity contribution in [3.05, 3.63) is 53.8 Å². The number of nitrogens with zero attached hydrogens (tertiary/aromatic N) is 2. The number of carbonyl (C=O) groups is 1. The lowest BCUT2D eigenvalue weighted by atomic mass is 10.1. The van der Waals surface area contributed by atoms with Gasteiger partial charge in [0.2, 0.25) is 5.91 Å². The molecular formula is C19H19FN4O2S. The summed E-state index contributed by atoms with van der Waals surface area (Å²) in [6, 6.07) is 12.0. The number of carbonyl (C=O) groups excluding carboxylic acids is 1. The topological polar surface area (TPSA) is 75.1 Å². The molecule has 0 saturated heterocycles. The van der Waals surface area contributed by atoms with E-state index in [1.165, 1.54) is 24.8 Å². The maximum Gasteiger partial charge on any atom is 0.221 e. The summed E-state index contributed by atoms with van der Waals surface area (Å²) in [5, 5.41) is 7.43. The highest BCUT2D eigenvalue weighted by molar-refractivity contribution is 8.14. The average Bonchev–Trinajstić information content (AvgIpc) is 2.64. The highest BCUT2D eigenvalue weighted by atomic mass is 32.2. The van der Waals surface area contributed by atoms with Gasteiger partial charge in [-0.05, 0) is 49.4 Å². The van der Waals surface area contributed by atoms with Crippen molar-refractivity contribution in [1.82, 2.24) is 5.43 Å². The molecule has 2 aromatic carbocycles. The smallest absolute Gasteiger partial charge is 0.221 e. The molecule has 27 heavy (non-hydrogen) atoms. The summed E-state index contributed by atoms with van der Waals surface area (Å²) in [5.41, 5.74) is 5.03. The zero-order valence-corrected chi connectivity index (χ0v) is 15.8. The number of rotatable bonds is 5. The van der Waals surface area contributed by atoms with Crippen LogP contribution in [0.25, 0.3) is 0 Å². The summed E-state index contributed by atoms with van der Waals surface area (Å²) in [6.07, 6.45) is 0. The van der Waals surface area contributed by atoms with Gasteiger partial charge in [-0.2, -0.15) is 5.10 Å². The lowest BCUT2D eigenvalue weighted by Crippen LogP contribution is -2.25. The molecule has 1 aliphatic rings. The van der Waals surface area contributed by atoms with Gasteiger partial charge in [-0.3, -0.25) is 10.2 Å². The van der Waals surface area contributed by atoms with Crippen LogP contribution in [0.4, 0.5) is 15.8 Å². The van der Waals surface area contributed by atoms with Crippen molar-refractivity contribution in [2.24, 2.45) is 10.1 Å². The molecule has 2 aromatic rings. The fourth-order valence-electron chi connectivity index (χ4n) is 2.44. The second kappa shape index (κ2) is 8.68. The number of hydrazone groups is 1. The fourth-order valence-corrected chi connectivity index (χ4v) is 3.22. The van der Waals surface area contributed by atoms with E-state index >= 15 is 0 Å². The molecule has 8 heteroatoms. The van der Waals surface area contributed by atoms with E-state index in [9.17, 15) is 9.18 Å². The van der Waals surface area contributed by atoms with E-state index in [1.54, 1.807) is 12.1 Å². The number of amides is 1. The second-order valence-corrected chi connectivity index (χ2v) is 6.64. The Bertz CT molecular complexity index is 897. The molecule has 140 valence electrons. The van der Waals surface area contributed by atoms with Crippen LogP contribution in [0.1, 0.15) is 19.4 Å². The van der Waals surface area contributed by atoms with Crippen LogP contribution in [-0.4, -0.2) is 29.1 Å². The van der Waals surface area contributed by atoms with E-state index in [2.05, 4.69) is 20.8 Å². The van der Waals surface area contributed by atoms with Gasteiger partial charge in [0.1, 0.15) is 11.6 Å². The summed E-state index contributed by atoms with van der Waals surface area (Å²) >= 11 is 1.44. The highest BCUT2D eigenvalue weighted by Crippen LogP contribution is 2.23. The zero-order valence-electron chi connectivity index (χ0n) is 15.0. The van der Waals surface area contributed by atoms with Crippen molar-refractivity contribution in [2.75, 3.05) is 17.7 Å². The predicted octanol–water partition coefficient (Wildman–Crippen LogP) is 3.91. The summed E-state index contributed by atoms with van der Waals surface area (Å²) in [7, 11) is 0. The largest absolute Gasteiger partial charge is 0.494 e. The normalized spacial score (nSPS) is 15.1. The average molecular weight is 386 g/mol. The lowest BCUT2D eigenvalue weighted by Gasteiger charge is -2.16. The SMILES string of the molecule is CCOc1ccc(N=C2NN=C(c3ccc(NC(C)=O)cc3F)CS2)cc1. The number of aliphatic imine (C=N–C) groups is 1. The van der Waals surface area contributed by atoms with Crippen LogP contribution in [0.15, 0.2) is 52.6 Å². The van der Waals surface area contributed by atoms with Crippen LogP contribution < -0.4 is 15.5 Å². The van der Waals surface area contributed by atoms with Crippen molar-refractivity contribution in [3.63, 3.8) is 0 Å². The van der Waals surface area contributed by atoms with E-state index in [4.69, 9.17) is 4.74 Å². The van der Waals surface area contributed by atoms with Crippen LogP contribution in [0.3, 0.4) is 0 Å². The molecule has 0 aromatic heterocycles. The Morgan fingerprint density at radius 1 is 1.33 bits per heavy atom. The molecule has 0 fully saturated rings. The molecule has 1 amide bonds. The molecule has 0 radical (unpaired) electrons. The maximum absolute atomic E-state index is 14.3. The molecule has 0 unspecified atom stereocenters. The molecular weight excluding hydrogens is 367 g/mol. The first-order chi connectivity index (χ1) is 13.0. The van der Waals surface area contributed by atoms with Crippen LogP contribution >= 0.6 is 11.8 Å². The summed E-state index contributed by atoms with van der Waals surface area (Å²) in [5.74, 6) is 0.599. The number of ether oxygens (including phenoxy) is 1. The Kier molecular flexibility index (Phi) is 6.08. The van der Waals surface area contributed by atoms with Crippen molar-refractivity contribution < 1.29 is 13.9 Å². The van der Waals surface area contributed by atoms with Crippen molar-refractivity contribution >= 4 is 39.9 Å². The van der Waals surface area contributed by atoms with E-state index in [1.807, 2.05) is 31.2 Å². The van der Waals surface area contributed by atoms with E-state index in [0.717, 1.165) is 11.4 Å². The first-order valence-corrected chi connectivity index (χ1v) is 9.38. The van der Waals surface area contributed by atoms with Crippen molar-refractivity contribution in [3.8, 4) is 5.75 Å². The van der Waals surface area contributed by atoms with Crippen LogP contribution in [0.2, 0.25) is 0 Å². The third kappa shape index (κ3) is 5.07. The Morgan fingerprint density at radius 3 is 2.70 bits per heavy atom. The van der Waals surface area contributed by atoms with E-state index < -0.39 is 5.82 Å². The molecule has 1 heterocycles. The Balaban J connectivity index is 1.70. The first-order valence-electron chi connectivity index (χ1n) is 8.39. The van der Waals surface area contributed by atoms with Crippen LogP contribution in [-0.2, 0) is 4.79 Å². The molecule has 3 rings (SSSR count). The molecule has 2 N–H and O–H groups in total. The number of nitrogens with one attached hydrogen (secondary N) is 2. The minimum Gasteiger partial charge on any atom is -0.494 e. The number of thioether (sulfide) groups is 1. The van der Waals surface area contributed by atoms with Gasteiger partial charge in [-0.15, -0.1) is 0 Å². The zero-order chi connectivity index (χ0) is 19.2.